The van der Waals surface area contributed by atoms with Gasteiger partial charge in [-0.15, -0.1) is 0 Å². The van der Waals surface area contributed by atoms with Crippen LogP contribution >= 0.6 is 11.6 Å². The third-order valence-electron chi connectivity index (χ3n) is 5.15. The number of hydrogen-bond donors (Lipinski definition) is 0. The first kappa shape index (κ1) is 24.0. The van der Waals surface area contributed by atoms with Crippen molar-refractivity contribution < 1.29 is 28.2 Å². The average Bonchev–Trinajstić information content (AvgIpc) is 3.30. The molecule has 35 heavy (non-hydrogen) atoms. The second kappa shape index (κ2) is 10.4. The largest absolute Gasteiger partial charge is 0.489 e. The average molecular weight is 495 g/mol. The molecule has 9 heteroatoms. The van der Waals surface area contributed by atoms with Crippen molar-refractivity contribution in [3.63, 3.8) is 0 Å². The van der Waals surface area contributed by atoms with Crippen molar-refractivity contribution in [3.05, 3.63) is 100 Å². The number of rotatable bonds is 7. The van der Waals surface area contributed by atoms with Crippen LogP contribution in [0.15, 0.2) is 72.8 Å². The molecule has 0 aliphatic heterocycles. The van der Waals surface area contributed by atoms with Gasteiger partial charge in [0.05, 0.1) is 24.9 Å². The lowest BCUT2D eigenvalue weighted by Crippen LogP contribution is -2.15. The van der Waals surface area contributed by atoms with Crippen molar-refractivity contribution in [3.8, 4) is 22.7 Å². The number of carbonyl (C=O) groups is 2. The van der Waals surface area contributed by atoms with Crippen molar-refractivity contribution in [2.24, 2.45) is 0 Å². The molecule has 0 saturated carbocycles. The highest BCUT2D eigenvalue weighted by Crippen LogP contribution is 2.31. The highest BCUT2D eigenvalue weighted by atomic mass is 35.5. The molecule has 0 radical (unpaired) electrons. The van der Waals surface area contributed by atoms with Crippen LogP contribution in [0.1, 0.15) is 26.4 Å². The van der Waals surface area contributed by atoms with Gasteiger partial charge in [0.15, 0.2) is 5.69 Å². The van der Waals surface area contributed by atoms with E-state index >= 15 is 0 Å². The third kappa shape index (κ3) is 5.02. The minimum absolute atomic E-state index is 0.00404. The van der Waals surface area contributed by atoms with E-state index in [1.54, 1.807) is 54.6 Å². The van der Waals surface area contributed by atoms with Gasteiger partial charge >= 0.3 is 11.9 Å². The summed E-state index contributed by atoms with van der Waals surface area (Å²) >= 11 is 5.84. The predicted molar refractivity (Wildman–Crippen MR) is 127 cm³/mol. The summed E-state index contributed by atoms with van der Waals surface area (Å²) in [6, 6.07) is 20.1. The van der Waals surface area contributed by atoms with E-state index in [0.29, 0.717) is 22.6 Å². The molecule has 3 aromatic carbocycles. The first-order chi connectivity index (χ1) is 16.9. The molecule has 4 rings (SSSR count). The summed E-state index contributed by atoms with van der Waals surface area (Å²) in [6.07, 6.45) is 0. The molecule has 4 aromatic rings. The number of methoxy groups -OCH3 is 2. The minimum atomic E-state index is -0.742. The molecule has 0 aliphatic carbocycles. The van der Waals surface area contributed by atoms with Gasteiger partial charge in [-0.1, -0.05) is 48.0 Å². The Morgan fingerprint density at radius 2 is 1.69 bits per heavy atom. The molecule has 0 spiro atoms. The summed E-state index contributed by atoms with van der Waals surface area (Å²) in [5.74, 6) is -1.53. The first-order valence-electron chi connectivity index (χ1n) is 10.4. The van der Waals surface area contributed by atoms with E-state index in [0.717, 1.165) is 0 Å². The summed E-state index contributed by atoms with van der Waals surface area (Å²) < 4.78 is 30.5. The molecular weight excluding hydrogens is 475 g/mol. The fourth-order valence-corrected chi connectivity index (χ4v) is 3.69. The number of halogens is 2. The number of esters is 2. The molecule has 0 bridgehead atoms. The summed E-state index contributed by atoms with van der Waals surface area (Å²) in [6.45, 7) is 0.138. The first-order valence-corrected chi connectivity index (χ1v) is 10.8. The van der Waals surface area contributed by atoms with Gasteiger partial charge in [0.25, 0.3) is 0 Å². The Balaban J connectivity index is 1.77. The van der Waals surface area contributed by atoms with Crippen LogP contribution in [0.4, 0.5) is 4.39 Å². The molecule has 0 N–H and O–H groups in total. The smallest absolute Gasteiger partial charge is 0.357 e. The van der Waals surface area contributed by atoms with Crippen LogP contribution in [0, 0.1) is 5.82 Å². The van der Waals surface area contributed by atoms with Crippen LogP contribution in [0.3, 0.4) is 0 Å². The van der Waals surface area contributed by atoms with E-state index in [1.165, 1.54) is 31.0 Å². The normalized spacial score (nSPS) is 10.6. The van der Waals surface area contributed by atoms with Gasteiger partial charge in [0.1, 0.15) is 29.4 Å². The van der Waals surface area contributed by atoms with Gasteiger partial charge in [0.2, 0.25) is 0 Å². The lowest BCUT2D eigenvalue weighted by molar-refractivity contribution is 0.0549. The van der Waals surface area contributed by atoms with Gasteiger partial charge in [-0.2, -0.15) is 5.10 Å². The zero-order valence-corrected chi connectivity index (χ0v) is 19.6. The zero-order chi connectivity index (χ0) is 24.9. The summed E-state index contributed by atoms with van der Waals surface area (Å²) in [5, 5.41) is 4.57. The van der Waals surface area contributed by atoms with Crippen molar-refractivity contribution in [2.75, 3.05) is 14.2 Å². The van der Waals surface area contributed by atoms with Crippen LogP contribution in [0.25, 0.3) is 16.9 Å². The quantitative estimate of drug-likeness (QED) is 0.316. The Kier molecular flexibility index (Phi) is 7.12. The molecule has 0 amide bonds. The predicted octanol–water partition coefficient (Wildman–Crippen LogP) is 5.48. The Labute approximate surface area is 205 Å². The van der Waals surface area contributed by atoms with Gasteiger partial charge in [-0.05, 0) is 42.0 Å². The lowest BCUT2D eigenvalue weighted by Gasteiger charge is -2.09. The fraction of sp³-hybridized carbons (Fsp3) is 0.115. The number of carbonyl (C=O) groups excluding carboxylic acids is 2. The molecule has 0 aliphatic rings. The SMILES string of the molecule is COC(=O)c1c(-c2cccc(OCc3ccc(F)c(Cl)c3)c2)nn(-c2ccccc2)c1C(=O)OC. The van der Waals surface area contributed by atoms with Crippen LogP contribution < -0.4 is 4.74 Å². The molecular formula is C26H20ClFN2O5. The maximum absolute atomic E-state index is 13.4. The van der Waals surface area contributed by atoms with Crippen LogP contribution in [0.2, 0.25) is 5.02 Å². The molecule has 1 aromatic heterocycles. The number of nitrogens with zero attached hydrogens (tertiary/aromatic N) is 2. The van der Waals surface area contributed by atoms with E-state index < -0.39 is 17.8 Å². The molecule has 0 fully saturated rings. The van der Waals surface area contributed by atoms with E-state index in [2.05, 4.69) is 5.10 Å². The van der Waals surface area contributed by atoms with E-state index in [4.69, 9.17) is 25.8 Å². The Morgan fingerprint density at radius 1 is 0.943 bits per heavy atom. The summed E-state index contributed by atoms with van der Waals surface area (Å²) in [5.41, 5.74) is 1.87. The van der Waals surface area contributed by atoms with E-state index in [1.807, 2.05) is 6.07 Å². The van der Waals surface area contributed by atoms with Gasteiger partial charge < -0.3 is 14.2 Å². The lowest BCUT2D eigenvalue weighted by atomic mass is 10.1. The van der Waals surface area contributed by atoms with Crippen molar-refractivity contribution in [2.45, 2.75) is 6.61 Å². The Hall–Kier alpha value is -4.17. The topological polar surface area (TPSA) is 79.7 Å². The summed E-state index contributed by atoms with van der Waals surface area (Å²) in [7, 11) is 2.45. The summed E-state index contributed by atoms with van der Waals surface area (Å²) in [4.78, 5) is 25.5. The highest BCUT2D eigenvalue weighted by molar-refractivity contribution is 6.30. The van der Waals surface area contributed by atoms with Crippen LogP contribution in [-0.2, 0) is 16.1 Å². The monoisotopic (exact) mass is 494 g/mol. The maximum atomic E-state index is 13.4. The number of benzene rings is 3. The Bertz CT molecular complexity index is 1390. The standard InChI is InChI=1S/C26H20ClFN2O5/c1-33-25(31)22-23(29-30(24(22)26(32)34-2)18-8-4-3-5-9-18)17-7-6-10-19(14-17)35-15-16-11-12-21(28)20(27)13-16/h3-14H,15H2,1-2H3. The van der Waals surface area contributed by atoms with Gasteiger partial charge in [0, 0.05) is 5.56 Å². The highest BCUT2D eigenvalue weighted by Gasteiger charge is 2.31. The van der Waals surface area contributed by atoms with Gasteiger partial charge in [-0.3, -0.25) is 0 Å². The molecule has 0 saturated heterocycles. The number of aromatic nitrogens is 2. The fourth-order valence-electron chi connectivity index (χ4n) is 3.49. The molecule has 0 unspecified atom stereocenters. The van der Waals surface area contributed by atoms with Crippen LogP contribution in [-0.4, -0.2) is 35.9 Å². The minimum Gasteiger partial charge on any atom is -0.489 e. The van der Waals surface area contributed by atoms with Crippen molar-refractivity contribution >= 4 is 23.5 Å². The van der Waals surface area contributed by atoms with Gasteiger partial charge in [-0.25, -0.2) is 18.7 Å². The molecule has 0 atom stereocenters. The van der Waals surface area contributed by atoms with Crippen LogP contribution in [0.5, 0.6) is 5.75 Å². The molecule has 1 heterocycles. The molecule has 178 valence electrons. The number of hydrogen-bond acceptors (Lipinski definition) is 6. The van der Waals surface area contributed by atoms with Crippen molar-refractivity contribution in [1.29, 1.82) is 0 Å². The van der Waals surface area contributed by atoms with Crippen molar-refractivity contribution in [1.82, 2.24) is 9.78 Å². The number of ether oxygens (including phenoxy) is 3. The third-order valence-corrected chi connectivity index (χ3v) is 5.44. The second-order valence-corrected chi connectivity index (χ2v) is 7.77. The number of para-hydroxylation sites is 1. The Morgan fingerprint density at radius 3 is 2.37 bits per heavy atom. The van der Waals surface area contributed by atoms with E-state index in [9.17, 15) is 14.0 Å². The molecule has 7 nitrogen and oxygen atoms in total. The second-order valence-electron chi connectivity index (χ2n) is 7.37. The zero-order valence-electron chi connectivity index (χ0n) is 18.8. The maximum Gasteiger partial charge on any atom is 0.357 e. The van der Waals surface area contributed by atoms with E-state index in [-0.39, 0.29) is 28.6 Å².